The van der Waals surface area contributed by atoms with Gasteiger partial charge in [0.05, 0.1) is 17.8 Å². The molecule has 44 heavy (non-hydrogen) atoms. The van der Waals surface area contributed by atoms with Gasteiger partial charge in [0.1, 0.15) is 5.75 Å². The van der Waals surface area contributed by atoms with E-state index < -0.39 is 12.4 Å². The van der Waals surface area contributed by atoms with E-state index in [1.807, 2.05) is 51.1 Å². The number of hydrogen-bond acceptors (Lipinski definition) is 5. The number of halogens is 3. The smallest absolute Gasteiger partial charge is 0.406 e. The zero-order chi connectivity index (χ0) is 31.9. The van der Waals surface area contributed by atoms with Crippen molar-refractivity contribution in [3.63, 3.8) is 0 Å². The summed E-state index contributed by atoms with van der Waals surface area (Å²) in [7, 11) is 0. The summed E-state index contributed by atoms with van der Waals surface area (Å²) in [5, 5.41) is 14.2. The van der Waals surface area contributed by atoms with E-state index in [1.165, 1.54) is 47.3 Å². The Balaban J connectivity index is 1.30. The fourth-order valence-electron chi connectivity index (χ4n) is 4.44. The molecule has 3 N–H and O–H groups in total. The third-order valence-electron chi connectivity index (χ3n) is 6.71. The van der Waals surface area contributed by atoms with Crippen LogP contribution in [-0.4, -0.2) is 47.9 Å². The van der Waals surface area contributed by atoms with Crippen molar-refractivity contribution in [3.05, 3.63) is 89.0 Å². The molecule has 1 heterocycles. The topological polar surface area (TPSA) is 119 Å². The summed E-state index contributed by atoms with van der Waals surface area (Å²) < 4.78 is 40.7. The van der Waals surface area contributed by atoms with Gasteiger partial charge in [0.2, 0.25) is 5.91 Å². The molecule has 0 saturated carbocycles. The molecular weight excluding hydrogens is 593 g/mol. The van der Waals surface area contributed by atoms with Crippen molar-refractivity contribution in [2.75, 3.05) is 22.5 Å². The van der Waals surface area contributed by atoms with Gasteiger partial charge in [-0.05, 0) is 60.2 Å². The quantitative estimate of drug-likeness (QED) is 0.177. The zero-order valence-corrected chi connectivity index (χ0v) is 25.1. The van der Waals surface area contributed by atoms with Crippen LogP contribution >= 0.6 is 11.8 Å². The first-order chi connectivity index (χ1) is 20.9. The Labute approximate surface area is 257 Å². The van der Waals surface area contributed by atoms with E-state index in [2.05, 4.69) is 25.4 Å². The SMILES string of the molecule is CCc1cccc(C)c1N1C(=O)CS/C1=N\C(=O)NCC(C)c1ccc(C(=N)/N=C\Nc2ccc(OC(F)(F)F)cc2)cc1. The number of amidine groups is 2. The van der Waals surface area contributed by atoms with Crippen LogP contribution in [0.5, 0.6) is 5.75 Å². The number of anilines is 2. The highest BCUT2D eigenvalue weighted by molar-refractivity contribution is 8.15. The molecule has 4 rings (SSSR count). The predicted molar refractivity (Wildman–Crippen MR) is 168 cm³/mol. The van der Waals surface area contributed by atoms with Gasteiger partial charge in [-0.1, -0.05) is 68.1 Å². The van der Waals surface area contributed by atoms with E-state index in [-0.39, 0.29) is 29.2 Å². The molecule has 1 fully saturated rings. The zero-order valence-electron chi connectivity index (χ0n) is 24.2. The van der Waals surface area contributed by atoms with Crippen LogP contribution in [-0.2, 0) is 11.2 Å². The number of hydrogen-bond donors (Lipinski definition) is 3. The second kappa shape index (κ2) is 14.2. The number of carbonyl (C=O) groups excluding carboxylic acids is 2. The number of alkyl halides is 3. The number of ether oxygens (including phenoxy) is 1. The Bertz CT molecular complexity index is 1570. The molecule has 1 unspecified atom stereocenters. The average Bonchev–Trinajstić information content (AvgIpc) is 3.34. The molecule has 0 radical (unpaired) electrons. The van der Waals surface area contributed by atoms with E-state index in [0.29, 0.717) is 23.0 Å². The minimum atomic E-state index is -4.76. The largest absolute Gasteiger partial charge is 0.573 e. The molecule has 3 aromatic rings. The van der Waals surface area contributed by atoms with Crippen molar-refractivity contribution in [2.45, 2.75) is 39.5 Å². The molecule has 1 atom stereocenters. The Morgan fingerprint density at radius 3 is 2.50 bits per heavy atom. The summed E-state index contributed by atoms with van der Waals surface area (Å²) in [5.41, 5.74) is 4.68. The Hall–Kier alpha value is -4.65. The van der Waals surface area contributed by atoms with Crippen molar-refractivity contribution in [2.24, 2.45) is 9.98 Å². The first-order valence-corrected chi connectivity index (χ1v) is 14.7. The number of thioether (sulfide) groups is 1. The summed E-state index contributed by atoms with van der Waals surface area (Å²) in [5.74, 6) is -0.317. The molecule has 3 aromatic carbocycles. The van der Waals surface area contributed by atoms with Crippen molar-refractivity contribution in [1.29, 1.82) is 5.41 Å². The number of amides is 3. The van der Waals surface area contributed by atoms with Gasteiger partial charge in [0.15, 0.2) is 11.0 Å². The van der Waals surface area contributed by atoms with Crippen LogP contribution in [0.3, 0.4) is 0 Å². The van der Waals surface area contributed by atoms with Gasteiger partial charge in [0, 0.05) is 17.8 Å². The summed E-state index contributed by atoms with van der Waals surface area (Å²) in [4.78, 5) is 35.2. The Morgan fingerprint density at radius 2 is 1.84 bits per heavy atom. The fraction of sp³-hybridized carbons (Fsp3) is 0.258. The number of urea groups is 1. The minimum Gasteiger partial charge on any atom is -0.406 e. The first-order valence-electron chi connectivity index (χ1n) is 13.7. The number of aliphatic imine (C=N–C) groups is 2. The lowest BCUT2D eigenvalue weighted by atomic mass is 9.99. The monoisotopic (exact) mass is 624 g/mol. The fourth-order valence-corrected chi connectivity index (χ4v) is 5.29. The lowest BCUT2D eigenvalue weighted by Gasteiger charge is -2.21. The maximum Gasteiger partial charge on any atom is 0.573 e. The normalized spacial score (nSPS) is 15.1. The molecule has 0 bridgehead atoms. The van der Waals surface area contributed by atoms with Crippen LogP contribution in [0.2, 0.25) is 0 Å². The molecular formula is C31H31F3N6O3S. The third-order valence-corrected chi connectivity index (χ3v) is 7.64. The highest BCUT2D eigenvalue weighted by Crippen LogP contribution is 2.33. The highest BCUT2D eigenvalue weighted by Gasteiger charge is 2.33. The Morgan fingerprint density at radius 1 is 1.14 bits per heavy atom. The number of benzene rings is 3. The molecule has 230 valence electrons. The molecule has 1 aliphatic rings. The van der Waals surface area contributed by atoms with Crippen LogP contribution < -0.4 is 20.3 Å². The summed E-state index contributed by atoms with van der Waals surface area (Å²) in [6.45, 7) is 6.21. The standard InChI is InChI=1S/C31H31F3N6O3S/c1-4-21-7-5-6-19(2)27(21)40-26(41)17-44-30(40)39-29(42)36-16-20(3)22-8-10-23(11-9-22)28(35)38-18-37-24-12-14-25(15-13-24)43-31(32,33)34/h5-15,18,20H,4,16-17H2,1-3H3,(H,36,42)(H2,35,37,38)/b39-30-. The van der Waals surface area contributed by atoms with Crippen LogP contribution in [0.4, 0.5) is 29.3 Å². The van der Waals surface area contributed by atoms with Gasteiger partial charge < -0.3 is 15.4 Å². The van der Waals surface area contributed by atoms with Crippen molar-refractivity contribution >= 4 is 52.4 Å². The maximum absolute atomic E-state index is 12.7. The van der Waals surface area contributed by atoms with Crippen LogP contribution in [0.1, 0.15) is 42.0 Å². The van der Waals surface area contributed by atoms with Crippen LogP contribution in [0.15, 0.2) is 76.7 Å². The number of nitrogens with one attached hydrogen (secondary N) is 3. The number of aryl methyl sites for hydroxylation is 2. The summed E-state index contributed by atoms with van der Waals surface area (Å²) >= 11 is 1.24. The Kier molecular flexibility index (Phi) is 10.4. The van der Waals surface area contributed by atoms with Crippen molar-refractivity contribution in [3.8, 4) is 5.75 Å². The van der Waals surface area contributed by atoms with Crippen molar-refractivity contribution < 1.29 is 27.5 Å². The summed E-state index contributed by atoms with van der Waals surface area (Å²) in [6, 6.07) is 17.6. The van der Waals surface area contributed by atoms with Gasteiger partial charge in [-0.2, -0.15) is 4.99 Å². The molecule has 3 amide bonds. The summed E-state index contributed by atoms with van der Waals surface area (Å²) in [6.07, 6.45) is -2.75. The lowest BCUT2D eigenvalue weighted by Crippen LogP contribution is -2.33. The minimum absolute atomic E-state index is 0.0223. The molecule has 0 aromatic heterocycles. The van der Waals surface area contributed by atoms with E-state index in [4.69, 9.17) is 5.41 Å². The number of nitrogens with zero attached hydrogens (tertiary/aromatic N) is 3. The van der Waals surface area contributed by atoms with E-state index >= 15 is 0 Å². The van der Waals surface area contributed by atoms with E-state index in [1.54, 1.807) is 12.1 Å². The predicted octanol–water partition coefficient (Wildman–Crippen LogP) is 6.87. The maximum atomic E-state index is 12.7. The molecule has 1 aliphatic heterocycles. The third kappa shape index (κ3) is 8.47. The molecule has 0 spiro atoms. The molecule has 0 aliphatic carbocycles. The number of para-hydroxylation sites is 1. The second-order valence-electron chi connectivity index (χ2n) is 9.88. The van der Waals surface area contributed by atoms with Gasteiger partial charge >= 0.3 is 12.4 Å². The van der Waals surface area contributed by atoms with Gasteiger partial charge in [0.25, 0.3) is 0 Å². The van der Waals surface area contributed by atoms with Crippen LogP contribution in [0, 0.1) is 12.3 Å². The lowest BCUT2D eigenvalue weighted by molar-refractivity contribution is -0.274. The number of rotatable bonds is 9. The van der Waals surface area contributed by atoms with Gasteiger partial charge in [-0.3, -0.25) is 15.1 Å². The second-order valence-corrected chi connectivity index (χ2v) is 10.8. The molecule has 9 nitrogen and oxygen atoms in total. The molecule has 13 heteroatoms. The van der Waals surface area contributed by atoms with Crippen molar-refractivity contribution in [1.82, 2.24) is 5.32 Å². The first kappa shape index (κ1) is 32.3. The number of carbonyl (C=O) groups is 2. The van der Waals surface area contributed by atoms with Gasteiger partial charge in [-0.25, -0.2) is 9.79 Å². The van der Waals surface area contributed by atoms with Gasteiger partial charge in [-0.15, -0.1) is 13.2 Å². The van der Waals surface area contributed by atoms with E-state index in [9.17, 15) is 22.8 Å². The highest BCUT2D eigenvalue weighted by atomic mass is 32.2. The van der Waals surface area contributed by atoms with E-state index in [0.717, 1.165) is 28.8 Å². The van der Waals surface area contributed by atoms with Crippen LogP contribution in [0.25, 0.3) is 0 Å². The molecule has 1 saturated heterocycles. The average molecular weight is 625 g/mol.